The molecule has 0 spiro atoms. The second-order valence-electron chi connectivity index (χ2n) is 8.44. The zero-order chi connectivity index (χ0) is 21.0. The van der Waals surface area contributed by atoms with Gasteiger partial charge in [0.15, 0.2) is 0 Å². The van der Waals surface area contributed by atoms with Crippen LogP contribution in [-0.2, 0) is 29.2 Å². The van der Waals surface area contributed by atoms with Crippen molar-refractivity contribution < 1.29 is 45.2 Å². The maximum atomic E-state index is 13.2. The number of halogens is 3. The van der Waals surface area contributed by atoms with E-state index in [1.54, 1.807) is 6.92 Å². The van der Waals surface area contributed by atoms with Gasteiger partial charge in [0.2, 0.25) is 6.10 Å². The summed E-state index contributed by atoms with van der Waals surface area (Å²) in [5.74, 6) is -3.25. The third-order valence-electron chi connectivity index (χ3n) is 6.04. The van der Waals surface area contributed by atoms with E-state index in [1.165, 1.54) is 0 Å². The lowest BCUT2D eigenvalue weighted by Gasteiger charge is -2.59. The highest BCUT2D eigenvalue weighted by Crippen LogP contribution is 2.63. The Labute approximate surface area is 160 Å². The molecule has 3 atom stereocenters. The second kappa shape index (κ2) is 6.86. The van der Waals surface area contributed by atoms with E-state index in [0.29, 0.717) is 25.7 Å². The average molecular weight is 428 g/mol. The van der Waals surface area contributed by atoms with Gasteiger partial charge in [-0.3, -0.25) is 14.1 Å². The van der Waals surface area contributed by atoms with Crippen LogP contribution in [0.25, 0.3) is 0 Å². The molecule has 0 radical (unpaired) electrons. The third-order valence-corrected chi connectivity index (χ3v) is 6.76. The van der Waals surface area contributed by atoms with Crippen molar-refractivity contribution in [3.63, 3.8) is 0 Å². The summed E-state index contributed by atoms with van der Waals surface area (Å²) >= 11 is 0. The Morgan fingerprint density at radius 2 is 1.75 bits per heavy atom. The minimum Gasteiger partial charge on any atom is -0.459 e. The lowest BCUT2D eigenvalue weighted by Crippen LogP contribution is -2.60. The first-order chi connectivity index (χ1) is 12.8. The lowest BCUT2D eigenvalue weighted by molar-refractivity contribution is -0.237. The molecular weight excluding hydrogens is 405 g/mol. The van der Waals surface area contributed by atoms with Crippen molar-refractivity contribution in [1.82, 2.24) is 0 Å². The highest BCUT2D eigenvalue weighted by molar-refractivity contribution is 7.85. The van der Waals surface area contributed by atoms with Crippen LogP contribution in [-0.4, -0.2) is 48.5 Å². The van der Waals surface area contributed by atoms with E-state index >= 15 is 0 Å². The summed E-state index contributed by atoms with van der Waals surface area (Å²) in [6.45, 7) is 1.64. The van der Waals surface area contributed by atoms with Crippen LogP contribution in [0.1, 0.15) is 51.9 Å². The number of hydrogen-bond acceptors (Lipinski definition) is 6. The van der Waals surface area contributed by atoms with Crippen LogP contribution in [0.3, 0.4) is 0 Å². The first-order valence-corrected chi connectivity index (χ1v) is 10.8. The van der Waals surface area contributed by atoms with Crippen molar-refractivity contribution in [3.8, 4) is 0 Å². The zero-order valence-corrected chi connectivity index (χ0v) is 16.1. The molecule has 0 heterocycles. The van der Waals surface area contributed by atoms with Crippen molar-refractivity contribution >= 4 is 22.1 Å². The van der Waals surface area contributed by atoms with Crippen molar-refractivity contribution in [2.24, 2.45) is 17.3 Å². The van der Waals surface area contributed by atoms with Crippen molar-refractivity contribution in [2.75, 3.05) is 5.75 Å². The Hall–Kier alpha value is -1.36. The Balaban J connectivity index is 1.83. The molecule has 4 bridgehead atoms. The van der Waals surface area contributed by atoms with Crippen LogP contribution in [0.2, 0.25) is 0 Å². The first kappa shape index (κ1) is 21.4. The fourth-order valence-corrected chi connectivity index (χ4v) is 6.13. The van der Waals surface area contributed by atoms with E-state index in [0.717, 1.165) is 6.42 Å². The van der Waals surface area contributed by atoms with Crippen molar-refractivity contribution in [2.45, 2.75) is 69.8 Å². The van der Waals surface area contributed by atoms with Gasteiger partial charge in [-0.05, 0) is 43.9 Å². The molecule has 4 rings (SSSR count). The summed E-state index contributed by atoms with van der Waals surface area (Å²) in [7, 11) is -5.01. The molecular formula is C17H23F3O7S. The minimum absolute atomic E-state index is 0.0318. The Bertz CT molecular complexity index is 747. The Kier molecular flexibility index (Phi) is 5.23. The van der Waals surface area contributed by atoms with E-state index in [4.69, 9.17) is 9.29 Å². The Morgan fingerprint density at radius 1 is 1.18 bits per heavy atom. The van der Waals surface area contributed by atoms with Crippen molar-refractivity contribution in [3.05, 3.63) is 0 Å². The van der Waals surface area contributed by atoms with Crippen LogP contribution in [0.15, 0.2) is 0 Å². The van der Waals surface area contributed by atoms with E-state index in [2.05, 4.69) is 4.74 Å². The predicted molar refractivity (Wildman–Crippen MR) is 88.6 cm³/mol. The molecule has 4 fully saturated rings. The lowest BCUT2D eigenvalue weighted by atomic mass is 9.48. The number of ether oxygens (including phenoxy) is 2. The van der Waals surface area contributed by atoms with Gasteiger partial charge in [-0.15, -0.1) is 0 Å². The largest absolute Gasteiger partial charge is 0.459 e. The zero-order valence-electron chi connectivity index (χ0n) is 15.3. The van der Waals surface area contributed by atoms with Crippen LogP contribution in [0, 0.1) is 17.3 Å². The smallest absolute Gasteiger partial charge is 0.426 e. The minimum atomic E-state index is -5.14. The normalized spacial score (nSPS) is 35.5. The second-order valence-corrected chi connectivity index (χ2v) is 9.93. The molecule has 0 aliphatic heterocycles. The molecule has 7 nitrogen and oxygen atoms in total. The van der Waals surface area contributed by atoms with Crippen LogP contribution in [0.4, 0.5) is 13.2 Å². The molecule has 11 heteroatoms. The summed E-state index contributed by atoms with van der Waals surface area (Å²) in [6, 6.07) is 0. The fraction of sp³-hybridized carbons (Fsp3) is 0.882. The maximum absolute atomic E-state index is 13.2. The van der Waals surface area contributed by atoms with Crippen molar-refractivity contribution in [1.29, 1.82) is 0 Å². The number of rotatable bonds is 6. The SMILES string of the molecule is CCC(=O)OC12CC3CC(C1)CC(C(=O)OC(CS(=O)(=O)O)C(F)(F)F)(C3)C2. The molecule has 0 aromatic heterocycles. The van der Waals surface area contributed by atoms with Gasteiger partial charge in [0, 0.05) is 12.8 Å². The molecule has 4 saturated carbocycles. The molecule has 0 aromatic rings. The van der Waals surface area contributed by atoms with Gasteiger partial charge in [0.1, 0.15) is 11.4 Å². The maximum Gasteiger partial charge on any atom is 0.426 e. The topological polar surface area (TPSA) is 107 Å². The summed E-state index contributed by atoms with van der Waals surface area (Å²) in [4.78, 5) is 24.7. The molecule has 0 aromatic carbocycles. The molecule has 28 heavy (non-hydrogen) atoms. The van der Waals surface area contributed by atoms with Gasteiger partial charge < -0.3 is 9.47 Å². The third kappa shape index (κ3) is 4.29. The highest BCUT2D eigenvalue weighted by Gasteiger charge is 2.63. The van der Waals surface area contributed by atoms with E-state index < -0.39 is 51.1 Å². The van der Waals surface area contributed by atoms with Gasteiger partial charge in [-0.25, -0.2) is 0 Å². The van der Waals surface area contributed by atoms with Gasteiger partial charge in [-0.1, -0.05) is 6.92 Å². The van der Waals surface area contributed by atoms with Gasteiger partial charge in [-0.2, -0.15) is 21.6 Å². The summed E-state index contributed by atoms with van der Waals surface area (Å²) in [6.07, 6.45) is -5.26. The fourth-order valence-electron chi connectivity index (χ4n) is 5.49. The number of carbonyl (C=O) groups excluding carboxylic acids is 2. The monoisotopic (exact) mass is 428 g/mol. The molecule has 4 aliphatic carbocycles. The van der Waals surface area contributed by atoms with Crippen LogP contribution < -0.4 is 0 Å². The predicted octanol–water partition coefficient (Wildman–Crippen LogP) is 2.64. The molecule has 1 N–H and O–H groups in total. The number of carbonyl (C=O) groups is 2. The highest BCUT2D eigenvalue weighted by atomic mass is 32.2. The van der Waals surface area contributed by atoms with Gasteiger partial charge >= 0.3 is 18.1 Å². The molecule has 4 aliphatic rings. The van der Waals surface area contributed by atoms with Crippen LogP contribution >= 0.6 is 0 Å². The van der Waals surface area contributed by atoms with E-state index in [1.807, 2.05) is 0 Å². The average Bonchev–Trinajstić information content (AvgIpc) is 2.50. The first-order valence-electron chi connectivity index (χ1n) is 9.21. The summed E-state index contributed by atoms with van der Waals surface area (Å²) in [5.41, 5.74) is -2.12. The van der Waals surface area contributed by atoms with E-state index in [9.17, 15) is 31.2 Å². The number of esters is 2. The molecule has 160 valence electrons. The Morgan fingerprint density at radius 3 is 2.21 bits per heavy atom. The number of hydrogen-bond donors (Lipinski definition) is 1. The molecule has 3 unspecified atom stereocenters. The quantitative estimate of drug-likeness (QED) is 0.512. The molecule has 0 saturated heterocycles. The van der Waals surface area contributed by atoms with Gasteiger partial charge in [0.25, 0.3) is 10.1 Å². The van der Waals surface area contributed by atoms with E-state index in [-0.39, 0.29) is 24.7 Å². The standard InChI is InChI=1S/C17H23F3O7S/c1-2-13(21)27-16-6-10-3-11(7-16)5-15(4-10,9-16)14(22)26-12(17(18,19)20)8-28(23,24)25/h10-12H,2-9H2,1H3,(H,23,24,25). The summed E-state index contributed by atoms with van der Waals surface area (Å²) in [5, 5.41) is 0. The number of alkyl halides is 3. The summed E-state index contributed by atoms with van der Waals surface area (Å²) < 4.78 is 80.3. The van der Waals surface area contributed by atoms with Crippen LogP contribution in [0.5, 0.6) is 0 Å². The van der Waals surface area contributed by atoms with Gasteiger partial charge in [0.05, 0.1) is 5.41 Å². The molecule has 0 amide bonds.